The minimum Gasteiger partial charge on any atom is -0.354 e. The molecule has 1 fully saturated rings. The van der Waals surface area contributed by atoms with Crippen molar-refractivity contribution in [2.45, 2.75) is 6.42 Å². The SMILES string of the molecule is CN1CCCS/C1=N/C(=C(/C#N)C=O)c1ccc(-c2ccccc2)cc1F. The third-order valence-electron chi connectivity index (χ3n) is 4.23. The maximum absolute atomic E-state index is 14.9. The molecule has 2 aromatic rings. The van der Waals surface area contributed by atoms with Crippen molar-refractivity contribution in [1.29, 1.82) is 5.26 Å². The summed E-state index contributed by atoms with van der Waals surface area (Å²) in [5.74, 6) is 0.378. The van der Waals surface area contributed by atoms with Gasteiger partial charge < -0.3 is 4.90 Å². The van der Waals surface area contributed by atoms with Gasteiger partial charge in [0.2, 0.25) is 0 Å². The van der Waals surface area contributed by atoms with E-state index in [2.05, 4.69) is 4.99 Å². The largest absolute Gasteiger partial charge is 0.354 e. The Kier molecular flexibility index (Phi) is 6.05. The molecule has 0 saturated carbocycles. The molecule has 0 aliphatic carbocycles. The number of nitriles is 1. The smallest absolute Gasteiger partial charge is 0.164 e. The third kappa shape index (κ3) is 4.26. The van der Waals surface area contributed by atoms with Crippen molar-refractivity contribution in [3.63, 3.8) is 0 Å². The molecule has 2 aromatic carbocycles. The molecule has 6 heteroatoms. The van der Waals surface area contributed by atoms with Gasteiger partial charge >= 0.3 is 0 Å². The van der Waals surface area contributed by atoms with E-state index >= 15 is 0 Å². The molecule has 0 aromatic heterocycles. The van der Waals surface area contributed by atoms with E-state index in [-0.39, 0.29) is 16.8 Å². The summed E-state index contributed by atoms with van der Waals surface area (Å²) in [7, 11) is 1.89. The molecule has 0 radical (unpaired) electrons. The first-order valence-electron chi connectivity index (χ1n) is 8.51. The Bertz CT molecular complexity index is 948. The predicted molar refractivity (Wildman–Crippen MR) is 108 cm³/mol. The first-order chi connectivity index (χ1) is 13.1. The fourth-order valence-electron chi connectivity index (χ4n) is 2.80. The lowest BCUT2D eigenvalue weighted by Gasteiger charge is -2.25. The predicted octanol–water partition coefficient (Wildman–Crippen LogP) is 4.35. The van der Waals surface area contributed by atoms with Crippen LogP contribution in [0.15, 0.2) is 59.1 Å². The molecule has 1 heterocycles. The summed E-state index contributed by atoms with van der Waals surface area (Å²) in [5.41, 5.74) is 1.63. The van der Waals surface area contributed by atoms with Crippen LogP contribution in [-0.4, -0.2) is 35.7 Å². The monoisotopic (exact) mass is 379 g/mol. The van der Waals surface area contributed by atoms with Crippen molar-refractivity contribution in [1.82, 2.24) is 4.90 Å². The second kappa shape index (κ2) is 8.65. The van der Waals surface area contributed by atoms with Gasteiger partial charge in [-0.3, -0.25) is 4.79 Å². The van der Waals surface area contributed by atoms with E-state index in [1.807, 2.05) is 48.3 Å². The second-order valence-corrected chi connectivity index (χ2v) is 7.13. The number of hydrogen-bond donors (Lipinski definition) is 0. The number of allylic oxidation sites excluding steroid dienone is 1. The Morgan fingerprint density at radius 3 is 2.67 bits per heavy atom. The van der Waals surface area contributed by atoms with Crippen LogP contribution >= 0.6 is 11.8 Å². The highest BCUT2D eigenvalue weighted by molar-refractivity contribution is 8.13. The van der Waals surface area contributed by atoms with Gasteiger partial charge in [0.15, 0.2) is 11.5 Å². The van der Waals surface area contributed by atoms with Crippen molar-refractivity contribution in [2.75, 3.05) is 19.3 Å². The molecule has 1 saturated heterocycles. The topological polar surface area (TPSA) is 56.5 Å². The number of amidine groups is 1. The fraction of sp³-hybridized carbons (Fsp3) is 0.190. The maximum Gasteiger partial charge on any atom is 0.164 e. The number of benzene rings is 2. The summed E-state index contributed by atoms with van der Waals surface area (Å²) < 4.78 is 14.9. The number of carbonyl (C=O) groups is 1. The Labute approximate surface area is 162 Å². The average molecular weight is 379 g/mol. The van der Waals surface area contributed by atoms with E-state index in [1.54, 1.807) is 12.1 Å². The Balaban J connectivity index is 2.08. The van der Waals surface area contributed by atoms with Gasteiger partial charge in [0, 0.05) is 24.9 Å². The number of aldehydes is 1. The quantitative estimate of drug-likeness (QED) is 0.450. The molecule has 1 aliphatic rings. The van der Waals surface area contributed by atoms with Gasteiger partial charge in [0.1, 0.15) is 17.5 Å². The van der Waals surface area contributed by atoms with Crippen LogP contribution in [0.3, 0.4) is 0 Å². The minimum atomic E-state index is -0.520. The van der Waals surface area contributed by atoms with Gasteiger partial charge in [-0.05, 0) is 29.7 Å². The molecular formula is C21H18FN3OS. The first kappa shape index (κ1) is 18.9. The van der Waals surface area contributed by atoms with Crippen LogP contribution in [0.5, 0.6) is 0 Å². The fourth-order valence-corrected chi connectivity index (χ4v) is 3.73. The molecule has 0 N–H and O–H groups in total. The molecule has 4 nitrogen and oxygen atoms in total. The summed E-state index contributed by atoms with van der Waals surface area (Å²) in [6.45, 7) is 0.831. The highest BCUT2D eigenvalue weighted by Gasteiger charge is 2.19. The van der Waals surface area contributed by atoms with E-state index in [0.717, 1.165) is 29.8 Å². The molecule has 136 valence electrons. The summed E-state index contributed by atoms with van der Waals surface area (Å²) >= 11 is 1.53. The van der Waals surface area contributed by atoms with Gasteiger partial charge in [-0.15, -0.1) is 0 Å². The van der Waals surface area contributed by atoms with Gasteiger partial charge in [0.25, 0.3) is 0 Å². The number of halogens is 1. The molecule has 0 bridgehead atoms. The summed E-state index contributed by atoms with van der Waals surface area (Å²) in [6, 6.07) is 16.0. The van der Waals surface area contributed by atoms with Crippen LogP contribution in [0.2, 0.25) is 0 Å². The molecule has 0 unspecified atom stereocenters. The highest BCUT2D eigenvalue weighted by Crippen LogP contribution is 2.29. The van der Waals surface area contributed by atoms with Crippen molar-refractivity contribution in [3.8, 4) is 17.2 Å². The Morgan fingerprint density at radius 2 is 2.04 bits per heavy atom. The van der Waals surface area contributed by atoms with Crippen molar-refractivity contribution in [3.05, 3.63) is 65.5 Å². The maximum atomic E-state index is 14.9. The normalized spacial score (nSPS) is 16.6. The molecule has 0 spiro atoms. The van der Waals surface area contributed by atoms with Crippen LogP contribution in [-0.2, 0) is 4.79 Å². The second-order valence-electron chi connectivity index (χ2n) is 6.07. The first-order valence-corrected chi connectivity index (χ1v) is 9.50. The zero-order valence-electron chi connectivity index (χ0n) is 14.9. The van der Waals surface area contributed by atoms with Crippen LogP contribution < -0.4 is 0 Å². The van der Waals surface area contributed by atoms with E-state index in [0.29, 0.717) is 11.5 Å². The summed E-state index contributed by atoms with van der Waals surface area (Å²) in [6.07, 6.45) is 1.45. The highest BCUT2D eigenvalue weighted by atomic mass is 32.2. The van der Waals surface area contributed by atoms with Crippen LogP contribution in [0.4, 0.5) is 4.39 Å². The number of thioether (sulfide) groups is 1. The van der Waals surface area contributed by atoms with E-state index in [4.69, 9.17) is 0 Å². The summed E-state index contributed by atoms with van der Waals surface area (Å²) in [4.78, 5) is 17.8. The lowest BCUT2D eigenvalue weighted by atomic mass is 10.0. The zero-order valence-corrected chi connectivity index (χ0v) is 15.7. The average Bonchev–Trinajstić information content (AvgIpc) is 2.70. The zero-order chi connectivity index (χ0) is 19.2. The van der Waals surface area contributed by atoms with Crippen LogP contribution in [0.25, 0.3) is 16.8 Å². The number of nitrogens with zero attached hydrogens (tertiary/aromatic N) is 3. The molecule has 1 aliphatic heterocycles. The number of carbonyl (C=O) groups excluding carboxylic acids is 1. The van der Waals surface area contributed by atoms with Gasteiger partial charge in [-0.2, -0.15) is 5.26 Å². The molecule has 0 amide bonds. The van der Waals surface area contributed by atoms with E-state index in [1.165, 1.54) is 17.8 Å². The van der Waals surface area contributed by atoms with Gasteiger partial charge in [-0.1, -0.05) is 48.2 Å². The van der Waals surface area contributed by atoms with Gasteiger partial charge in [0.05, 0.1) is 5.70 Å². The molecule has 27 heavy (non-hydrogen) atoms. The van der Waals surface area contributed by atoms with Crippen molar-refractivity contribution < 1.29 is 9.18 Å². The van der Waals surface area contributed by atoms with E-state index in [9.17, 15) is 14.4 Å². The Morgan fingerprint density at radius 1 is 1.26 bits per heavy atom. The minimum absolute atomic E-state index is 0.0702. The molecular weight excluding hydrogens is 361 g/mol. The number of hydrogen-bond acceptors (Lipinski definition) is 4. The molecule has 0 atom stereocenters. The standard InChI is InChI=1S/C21H18FN3OS/c1-25-10-5-11-27-21(25)24-20(17(13-23)14-26)18-9-8-16(12-19(18)22)15-6-3-2-4-7-15/h2-4,6-9,12,14H,5,10-11H2,1H3/b20-17-,24-21+. The Hall–Kier alpha value is -2.91. The lowest BCUT2D eigenvalue weighted by molar-refractivity contribution is -0.104. The van der Waals surface area contributed by atoms with Crippen molar-refractivity contribution in [2.24, 2.45) is 4.99 Å². The number of rotatable bonds is 4. The molecule has 3 rings (SSSR count). The number of aliphatic imine (C=N–C) groups is 1. The third-order valence-corrected chi connectivity index (χ3v) is 5.38. The lowest BCUT2D eigenvalue weighted by Crippen LogP contribution is -2.30. The van der Waals surface area contributed by atoms with E-state index < -0.39 is 5.82 Å². The van der Waals surface area contributed by atoms with Crippen molar-refractivity contribution >= 4 is 28.9 Å². The van der Waals surface area contributed by atoms with Crippen LogP contribution in [0.1, 0.15) is 12.0 Å². The summed E-state index contributed by atoms with van der Waals surface area (Å²) in [5, 5.41) is 10.0. The van der Waals surface area contributed by atoms with Crippen LogP contribution in [0, 0.1) is 17.1 Å². The van der Waals surface area contributed by atoms with Gasteiger partial charge in [-0.25, -0.2) is 9.38 Å².